The third kappa shape index (κ3) is 6.09. The van der Waals surface area contributed by atoms with Crippen molar-refractivity contribution >= 4 is 21.5 Å². The van der Waals surface area contributed by atoms with Gasteiger partial charge in [0.2, 0.25) is 9.84 Å². The van der Waals surface area contributed by atoms with E-state index in [-0.39, 0.29) is 22.4 Å². The minimum Gasteiger partial charge on any atom is -0.462 e. The summed E-state index contributed by atoms with van der Waals surface area (Å²) >= 11 is 0. The van der Waals surface area contributed by atoms with Crippen molar-refractivity contribution in [1.82, 2.24) is 9.88 Å². The van der Waals surface area contributed by atoms with Gasteiger partial charge < -0.3 is 14.5 Å². The SMILES string of the molecule is CC(=O)O[C@@H]1CCC[C@H]1C(C)(c1ccccc1)C1CCN(CC2CN(c3ccc(S(=O)(=O)c4ccncc4)cc3)C2)CC1. The average molecular weight is 602 g/mol. The summed E-state index contributed by atoms with van der Waals surface area (Å²) in [7, 11) is -3.53. The Labute approximate surface area is 256 Å². The average Bonchev–Trinajstić information content (AvgIpc) is 3.47. The van der Waals surface area contributed by atoms with E-state index in [1.807, 2.05) is 12.1 Å². The maximum Gasteiger partial charge on any atom is 0.302 e. The van der Waals surface area contributed by atoms with Gasteiger partial charge in [-0.05, 0) is 93.1 Å². The van der Waals surface area contributed by atoms with Crippen molar-refractivity contribution in [2.75, 3.05) is 37.6 Å². The number of benzene rings is 2. The number of rotatable bonds is 9. The molecule has 2 saturated heterocycles. The van der Waals surface area contributed by atoms with Crippen molar-refractivity contribution < 1.29 is 17.9 Å². The summed E-state index contributed by atoms with van der Waals surface area (Å²) in [5.41, 5.74) is 2.43. The van der Waals surface area contributed by atoms with E-state index in [9.17, 15) is 13.2 Å². The molecule has 3 fully saturated rings. The third-order valence-corrected chi connectivity index (χ3v) is 12.1. The summed E-state index contributed by atoms with van der Waals surface area (Å²) in [6.45, 7) is 9.24. The second kappa shape index (κ2) is 12.4. The van der Waals surface area contributed by atoms with Crippen LogP contribution in [-0.4, -0.2) is 63.1 Å². The van der Waals surface area contributed by atoms with Gasteiger partial charge in [0.05, 0.1) is 9.79 Å². The van der Waals surface area contributed by atoms with E-state index in [0.717, 1.165) is 70.5 Å². The molecule has 8 heteroatoms. The molecule has 7 nitrogen and oxygen atoms in total. The highest BCUT2D eigenvalue weighted by Gasteiger charge is 2.49. The maximum absolute atomic E-state index is 12.9. The summed E-state index contributed by atoms with van der Waals surface area (Å²) in [6, 6.07) is 21.3. The van der Waals surface area contributed by atoms with Crippen molar-refractivity contribution in [2.45, 2.75) is 67.3 Å². The quantitative estimate of drug-likeness (QED) is 0.289. The van der Waals surface area contributed by atoms with Gasteiger partial charge in [-0.1, -0.05) is 37.3 Å². The highest BCUT2D eigenvalue weighted by molar-refractivity contribution is 7.91. The van der Waals surface area contributed by atoms with Crippen LogP contribution in [0.1, 0.15) is 51.5 Å². The first kappa shape index (κ1) is 29.8. The third-order valence-electron chi connectivity index (χ3n) is 10.3. The van der Waals surface area contributed by atoms with E-state index in [0.29, 0.717) is 22.6 Å². The summed E-state index contributed by atoms with van der Waals surface area (Å²) in [5.74, 6) is 1.34. The molecule has 0 N–H and O–H groups in total. The Morgan fingerprint density at radius 1 is 0.907 bits per heavy atom. The van der Waals surface area contributed by atoms with Crippen LogP contribution < -0.4 is 4.90 Å². The van der Waals surface area contributed by atoms with E-state index in [1.54, 1.807) is 19.1 Å². The lowest BCUT2D eigenvalue weighted by atomic mass is 9.60. The van der Waals surface area contributed by atoms with E-state index in [1.165, 1.54) is 30.1 Å². The molecule has 0 spiro atoms. The van der Waals surface area contributed by atoms with Crippen LogP contribution >= 0.6 is 0 Å². The molecule has 1 unspecified atom stereocenters. The number of anilines is 1. The fourth-order valence-corrected chi connectivity index (χ4v) is 9.23. The molecule has 3 atom stereocenters. The molecule has 228 valence electrons. The molecule has 2 aromatic carbocycles. The summed E-state index contributed by atoms with van der Waals surface area (Å²) in [4.78, 5) is 21.4. The lowest BCUT2D eigenvalue weighted by Gasteiger charge is -2.49. The molecule has 3 aromatic rings. The highest BCUT2D eigenvalue weighted by atomic mass is 32.2. The Morgan fingerprint density at radius 3 is 2.21 bits per heavy atom. The molecule has 0 amide bonds. The first-order valence-corrected chi connectivity index (χ1v) is 17.2. The number of carbonyl (C=O) groups is 1. The molecule has 1 aromatic heterocycles. The Bertz CT molecular complexity index is 1490. The van der Waals surface area contributed by atoms with Crippen molar-refractivity contribution in [3.63, 3.8) is 0 Å². The second-order valence-corrected chi connectivity index (χ2v) is 14.8. The highest BCUT2D eigenvalue weighted by Crippen LogP contribution is 2.51. The molecule has 6 rings (SSSR count). The van der Waals surface area contributed by atoms with Gasteiger partial charge in [0.15, 0.2) is 0 Å². The molecule has 0 bridgehead atoms. The van der Waals surface area contributed by atoms with Gasteiger partial charge in [-0.2, -0.15) is 0 Å². The van der Waals surface area contributed by atoms with Crippen LogP contribution in [0.3, 0.4) is 0 Å². The molecule has 3 heterocycles. The monoisotopic (exact) mass is 601 g/mol. The molecule has 3 aliphatic rings. The molecule has 43 heavy (non-hydrogen) atoms. The van der Waals surface area contributed by atoms with Crippen molar-refractivity contribution in [3.05, 3.63) is 84.7 Å². The van der Waals surface area contributed by atoms with Crippen LogP contribution in [0.5, 0.6) is 0 Å². The van der Waals surface area contributed by atoms with E-state index in [2.05, 4.69) is 52.0 Å². The van der Waals surface area contributed by atoms with Gasteiger partial charge in [-0.15, -0.1) is 0 Å². The van der Waals surface area contributed by atoms with Crippen LogP contribution in [-0.2, 0) is 24.8 Å². The van der Waals surface area contributed by atoms with Crippen molar-refractivity contribution in [1.29, 1.82) is 0 Å². The second-order valence-electron chi connectivity index (χ2n) is 12.9. The van der Waals surface area contributed by atoms with Crippen molar-refractivity contribution in [2.24, 2.45) is 17.8 Å². The van der Waals surface area contributed by atoms with Gasteiger partial charge in [-0.25, -0.2) is 8.42 Å². The Morgan fingerprint density at radius 2 is 1.56 bits per heavy atom. The smallest absolute Gasteiger partial charge is 0.302 e. The number of ether oxygens (including phenoxy) is 1. The van der Waals surface area contributed by atoms with E-state index < -0.39 is 9.84 Å². The van der Waals surface area contributed by atoms with Crippen LogP contribution in [0.4, 0.5) is 5.69 Å². The first-order chi connectivity index (χ1) is 20.7. The normalized spacial score (nSPS) is 23.4. The number of sulfone groups is 1. The Balaban J connectivity index is 1.04. The molecule has 1 saturated carbocycles. The Kier molecular flexibility index (Phi) is 8.60. The number of pyridine rings is 1. The summed E-state index contributed by atoms with van der Waals surface area (Å²) < 4.78 is 31.7. The van der Waals surface area contributed by atoms with Gasteiger partial charge in [-0.3, -0.25) is 9.78 Å². The molecule has 2 aliphatic heterocycles. The number of aromatic nitrogens is 1. The predicted molar refractivity (Wildman–Crippen MR) is 168 cm³/mol. The molecular formula is C35H43N3O4S. The summed E-state index contributed by atoms with van der Waals surface area (Å²) in [5, 5.41) is 0. The maximum atomic E-state index is 12.9. The number of hydrogen-bond acceptors (Lipinski definition) is 7. The van der Waals surface area contributed by atoms with E-state index >= 15 is 0 Å². The lowest BCUT2D eigenvalue weighted by Crippen LogP contribution is -2.54. The topological polar surface area (TPSA) is 79.8 Å². The number of carbonyl (C=O) groups excluding carboxylic acids is 1. The number of nitrogens with zero attached hydrogens (tertiary/aromatic N) is 3. The van der Waals surface area contributed by atoms with Gasteiger partial charge in [0.25, 0.3) is 0 Å². The molecule has 0 radical (unpaired) electrons. The van der Waals surface area contributed by atoms with Gasteiger partial charge in [0, 0.05) is 61.9 Å². The minimum atomic E-state index is -3.53. The van der Waals surface area contributed by atoms with Crippen LogP contribution in [0.25, 0.3) is 0 Å². The van der Waals surface area contributed by atoms with E-state index in [4.69, 9.17) is 4.74 Å². The first-order valence-electron chi connectivity index (χ1n) is 15.7. The number of esters is 1. The van der Waals surface area contributed by atoms with Crippen LogP contribution in [0.2, 0.25) is 0 Å². The number of piperidine rings is 1. The fourth-order valence-electron chi connectivity index (χ4n) is 7.98. The summed E-state index contributed by atoms with van der Waals surface area (Å²) in [6.07, 6.45) is 8.50. The Hall–Kier alpha value is -3.23. The zero-order valence-corrected chi connectivity index (χ0v) is 26.1. The zero-order valence-electron chi connectivity index (χ0n) is 25.3. The standard InChI is InChI=1S/C35H43N3O4S/c1-26(39)42-34-10-6-9-33(34)35(2,28-7-4-3-5-8-28)29-17-21-37(22-18-29)23-27-24-38(25-27)30-11-13-31(14-12-30)43(40,41)32-15-19-36-20-16-32/h3-5,7-8,11-16,19-20,27,29,33-34H,6,9-10,17-18,21-25H2,1-2H3/t33-,34-,35?/m1/s1. The fraction of sp³-hybridized carbons (Fsp3) is 0.486. The van der Waals surface area contributed by atoms with Gasteiger partial charge >= 0.3 is 5.97 Å². The largest absolute Gasteiger partial charge is 0.462 e. The minimum absolute atomic E-state index is 0.00603. The lowest BCUT2D eigenvalue weighted by molar-refractivity contribution is -0.150. The molecule has 1 aliphatic carbocycles. The van der Waals surface area contributed by atoms with Crippen LogP contribution in [0, 0.1) is 17.8 Å². The predicted octanol–water partition coefficient (Wildman–Crippen LogP) is 5.75. The molecular weight excluding hydrogens is 558 g/mol. The zero-order chi connectivity index (χ0) is 30.0. The van der Waals surface area contributed by atoms with Crippen molar-refractivity contribution in [3.8, 4) is 0 Å². The number of hydrogen-bond donors (Lipinski definition) is 0. The van der Waals surface area contributed by atoms with Crippen LogP contribution in [0.15, 0.2) is 88.9 Å². The number of likely N-dealkylation sites (tertiary alicyclic amines) is 1. The van der Waals surface area contributed by atoms with Gasteiger partial charge in [0.1, 0.15) is 6.10 Å².